The second kappa shape index (κ2) is 8.33. The summed E-state index contributed by atoms with van der Waals surface area (Å²) in [5.74, 6) is 1.28. The van der Waals surface area contributed by atoms with Crippen molar-refractivity contribution in [3.05, 3.63) is 99.6 Å². The maximum Gasteiger partial charge on any atom is 0.266 e. The van der Waals surface area contributed by atoms with E-state index < -0.39 is 0 Å². The first kappa shape index (κ1) is 19.0. The van der Waals surface area contributed by atoms with E-state index in [1.54, 1.807) is 10.6 Å². The molecule has 0 aliphatic carbocycles. The Morgan fingerprint density at radius 1 is 0.966 bits per heavy atom. The van der Waals surface area contributed by atoms with Crippen LogP contribution in [0.4, 0.5) is 0 Å². The van der Waals surface area contributed by atoms with E-state index in [-0.39, 0.29) is 5.56 Å². The largest absolute Gasteiger partial charge is 0.494 e. The highest BCUT2D eigenvalue weighted by Gasteiger charge is 2.11. The maximum atomic E-state index is 13.3. The molecule has 0 N–H and O–H groups in total. The third-order valence-electron chi connectivity index (χ3n) is 4.52. The number of aromatic nitrogens is 2. The number of hydrogen-bond acceptors (Lipinski definition) is 3. The van der Waals surface area contributed by atoms with Crippen molar-refractivity contribution in [3.63, 3.8) is 0 Å². The van der Waals surface area contributed by atoms with E-state index in [2.05, 4.69) is 0 Å². The standard InChI is InChI=1S/C24H19ClN2O2/c1-2-29-19-14-12-18(13-15-19)27-23(16-11-17-7-3-5-9-21(17)25)26-22-10-6-4-8-20(22)24(27)28/h3-16H,2H2,1H3. The molecule has 29 heavy (non-hydrogen) atoms. The Bertz CT molecular complexity index is 1240. The van der Waals surface area contributed by atoms with Crippen LogP contribution >= 0.6 is 11.6 Å². The summed E-state index contributed by atoms with van der Waals surface area (Å²) in [6.07, 6.45) is 3.68. The predicted molar refractivity (Wildman–Crippen MR) is 119 cm³/mol. The number of benzene rings is 3. The minimum absolute atomic E-state index is 0.126. The van der Waals surface area contributed by atoms with Crippen molar-refractivity contribution in [2.24, 2.45) is 0 Å². The molecule has 0 saturated carbocycles. The number of para-hydroxylation sites is 1. The number of ether oxygens (including phenoxy) is 1. The van der Waals surface area contributed by atoms with Crippen molar-refractivity contribution >= 4 is 34.7 Å². The summed E-state index contributed by atoms with van der Waals surface area (Å²) in [5.41, 5.74) is 2.10. The second-order valence-electron chi connectivity index (χ2n) is 6.41. The smallest absolute Gasteiger partial charge is 0.266 e. The quantitative estimate of drug-likeness (QED) is 0.436. The molecule has 0 saturated heterocycles. The van der Waals surface area contributed by atoms with Gasteiger partial charge in [-0.3, -0.25) is 9.36 Å². The summed E-state index contributed by atoms with van der Waals surface area (Å²) in [5, 5.41) is 1.20. The highest BCUT2D eigenvalue weighted by molar-refractivity contribution is 6.32. The molecule has 0 fully saturated rings. The van der Waals surface area contributed by atoms with Gasteiger partial charge in [0.1, 0.15) is 11.6 Å². The van der Waals surface area contributed by atoms with Crippen LogP contribution in [-0.4, -0.2) is 16.2 Å². The van der Waals surface area contributed by atoms with Crippen LogP contribution in [0.2, 0.25) is 5.02 Å². The van der Waals surface area contributed by atoms with Gasteiger partial charge in [-0.2, -0.15) is 0 Å². The Balaban J connectivity index is 1.89. The van der Waals surface area contributed by atoms with E-state index >= 15 is 0 Å². The van der Waals surface area contributed by atoms with E-state index in [1.165, 1.54) is 0 Å². The van der Waals surface area contributed by atoms with Crippen LogP contribution in [0.15, 0.2) is 77.6 Å². The number of fused-ring (bicyclic) bond motifs is 1. The Morgan fingerprint density at radius 2 is 1.69 bits per heavy atom. The summed E-state index contributed by atoms with van der Waals surface area (Å²) in [4.78, 5) is 18.0. The number of nitrogens with zero attached hydrogens (tertiary/aromatic N) is 2. The third-order valence-corrected chi connectivity index (χ3v) is 4.87. The van der Waals surface area contributed by atoms with Crippen molar-refractivity contribution in [2.45, 2.75) is 6.92 Å². The molecule has 4 aromatic rings. The fourth-order valence-electron chi connectivity index (χ4n) is 3.14. The van der Waals surface area contributed by atoms with Crippen molar-refractivity contribution in [1.29, 1.82) is 0 Å². The summed E-state index contributed by atoms with van der Waals surface area (Å²) in [6.45, 7) is 2.52. The molecule has 4 nitrogen and oxygen atoms in total. The number of halogens is 1. The van der Waals surface area contributed by atoms with Crippen LogP contribution in [0.3, 0.4) is 0 Å². The van der Waals surface area contributed by atoms with Gasteiger partial charge in [-0.15, -0.1) is 0 Å². The molecular weight excluding hydrogens is 384 g/mol. The summed E-state index contributed by atoms with van der Waals surface area (Å²) < 4.78 is 7.12. The molecule has 5 heteroatoms. The van der Waals surface area contributed by atoms with Crippen LogP contribution in [0.25, 0.3) is 28.7 Å². The monoisotopic (exact) mass is 402 g/mol. The molecule has 144 valence electrons. The lowest BCUT2D eigenvalue weighted by atomic mass is 10.2. The van der Waals surface area contributed by atoms with Crippen molar-refractivity contribution in [2.75, 3.05) is 6.61 Å². The van der Waals surface area contributed by atoms with Gasteiger partial charge in [0.15, 0.2) is 0 Å². The Morgan fingerprint density at radius 3 is 2.45 bits per heavy atom. The minimum atomic E-state index is -0.126. The van der Waals surface area contributed by atoms with Gasteiger partial charge < -0.3 is 4.74 Å². The van der Waals surface area contributed by atoms with Gasteiger partial charge in [-0.05, 0) is 67.1 Å². The average molecular weight is 403 g/mol. The van der Waals surface area contributed by atoms with Crippen LogP contribution in [0.5, 0.6) is 5.75 Å². The number of hydrogen-bond donors (Lipinski definition) is 0. The Labute approximate surface area is 173 Å². The first-order valence-electron chi connectivity index (χ1n) is 9.35. The second-order valence-corrected chi connectivity index (χ2v) is 6.82. The molecule has 0 unspecified atom stereocenters. The predicted octanol–water partition coefficient (Wildman–Crippen LogP) is 5.61. The maximum absolute atomic E-state index is 13.3. The zero-order valence-electron chi connectivity index (χ0n) is 15.9. The molecular formula is C24H19ClN2O2. The van der Waals surface area contributed by atoms with Crippen LogP contribution in [-0.2, 0) is 0 Å². The summed E-state index contributed by atoms with van der Waals surface area (Å²) >= 11 is 6.27. The average Bonchev–Trinajstić information content (AvgIpc) is 2.74. The van der Waals surface area contributed by atoms with Crippen molar-refractivity contribution in [3.8, 4) is 11.4 Å². The first-order valence-corrected chi connectivity index (χ1v) is 9.73. The molecule has 3 aromatic carbocycles. The minimum Gasteiger partial charge on any atom is -0.494 e. The molecule has 0 aliphatic rings. The lowest BCUT2D eigenvalue weighted by molar-refractivity contribution is 0.340. The van der Waals surface area contributed by atoms with Gasteiger partial charge in [0.25, 0.3) is 5.56 Å². The summed E-state index contributed by atoms with van der Waals surface area (Å²) in [6, 6.07) is 22.3. The first-order chi connectivity index (χ1) is 14.2. The van der Waals surface area contributed by atoms with Gasteiger partial charge in [0.2, 0.25) is 0 Å². The Hall–Kier alpha value is -3.37. The SMILES string of the molecule is CCOc1ccc(-n2c(C=Cc3ccccc3Cl)nc3ccccc3c2=O)cc1. The van der Waals surface area contributed by atoms with Crippen LogP contribution < -0.4 is 10.3 Å². The lowest BCUT2D eigenvalue weighted by Crippen LogP contribution is -2.22. The van der Waals surface area contributed by atoms with E-state index in [0.29, 0.717) is 28.4 Å². The number of rotatable bonds is 5. The van der Waals surface area contributed by atoms with Crippen LogP contribution in [0, 0.1) is 0 Å². The highest BCUT2D eigenvalue weighted by atomic mass is 35.5. The normalized spacial score (nSPS) is 11.2. The molecule has 0 amide bonds. The highest BCUT2D eigenvalue weighted by Crippen LogP contribution is 2.20. The van der Waals surface area contributed by atoms with Gasteiger partial charge >= 0.3 is 0 Å². The Kier molecular flexibility index (Phi) is 5.45. The van der Waals surface area contributed by atoms with E-state index in [0.717, 1.165) is 17.0 Å². The molecule has 0 atom stereocenters. The fraction of sp³-hybridized carbons (Fsp3) is 0.0833. The molecule has 4 rings (SSSR count). The van der Waals surface area contributed by atoms with E-state index in [1.807, 2.05) is 85.8 Å². The molecule has 0 bridgehead atoms. The third kappa shape index (κ3) is 3.93. The van der Waals surface area contributed by atoms with Crippen LogP contribution in [0.1, 0.15) is 18.3 Å². The zero-order chi connectivity index (χ0) is 20.2. The molecule has 0 spiro atoms. The molecule has 1 aromatic heterocycles. The van der Waals surface area contributed by atoms with Crippen molar-refractivity contribution in [1.82, 2.24) is 9.55 Å². The molecule has 1 heterocycles. The summed E-state index contributed by atoms with van der Waals surface area (Å²) in [7, 11) is 0. The van der Waals surface area contributed by atoms with Gasteiger partial charge in [-0.25, -0.2) is 4.98 Å². The zero-order valence-corrected chi connectivity index (χ0v) is 16.6. The van der Waals surface area contributed by atoms with E-state index in [4.69, 9.17) is 21.3 Å². The van der Waals surface area contributed by atoms with E-state index in [9.17, 15) is 4.79 Å². The topological polar surface area (TPSA) is 44.1 Å². The lowest BCUT2D eigenvalue weighted by Gasteiger charge is -2.12. The van der Waals surface area contributed by atoms with Gasteiger partial charge in [-0.1, -0.05) is 41.9 Å². The van der Waals surface area contributed by atoms with Crippen molar-refractivity contribution < 1.29 is 4.74 Å². The molecule has 0 aliphatic heterocycles. The van der Waals surface area contributed by atoms with Gasteiger partial charge in [0.05, 0.1) is 23.2 Å². The van der Waals surface area contributed by atoms with Gasteiger partial charge in [0, 0.05) is 5.02 Å². The molecule has 0 radical (unpaired) electrons. The fourth-order valence-corrected chi connectivity index (χ4v) is 3.34.